The van der Waals surface area contributed by atoms with Crippen molar-refractivity contribution < 1.29 is 19.3 Å². The molecule has 1 saturated heterocycles. The summed E-state index contributed by atoms with van der Waals surface area (Å²) in [5, 5.41) is 15.6. The summed E-state index contributed by atoms with van der Waals surface area (Å²) in [4.78, 5) is 6.79. The number of rotatable bonds is 7. The summed E-state index contributed by atoms with van der Waals surface area (Å²) < 4.78 is 16.6. The molecular formula is C26H31N3O4. The van der Waals surface area contributed by atoms with Gasteiger partial charge in [-0.1, -0.05) is 18.2 Å². The second-order valence-corrected chi connectivity index (χ2v) is 8.74. The number of aliphatic hydroxyl groups excluding tert-OH is 1. The van der Waals surface area contributed by atoms with Crippen LogP contribution in [0.4, 0.5) is 0 Å². The average molecular weight is 450 g/mol. The van der Waals surface area contributed by atoms with Crippen molar-refractivity contribution in [1.82, 2.24) is 15.2 Å². The Balaban J connectivity index is 1.14. The fourth-order valence-corrected chi connectivity index (χ4v) is 4.68. The number of benzene rings is 2. The number of aromatic nitrogens is 1. The number of β-amino-alcohol motifs (C(OH)–C–C–N with tert-alkyl or cyclic N) is 1. The molecule has 7 heteroatoms. The lowest BCUT2D eigenvalue weighted by Gasteiger charge is -2.34. The fraction of sp³-hybridized carbons (Fsp3) is 0.423. The lowest BCUT2D eigenvalue weighted by Crippen LogP contribution is -2.43. The van der Waals surface area contributed by atoms with Crippen LogP contribution in [0, 0.1) is 0 Å². The van der Waals surface area contributed by atoms with Gasteiger partial charge < -0.3 is 29.5 Å². The zero-order valence-electron chi connectivity index (χ0n) is 19.0. The topological polar surface area (TPSA) is 76.1 Å². The van der Waals surface area contributed by atoms with E-state index in [-0.39, 0.29) is 0 Å². The van der Waals surface area contributed by atoms with Crippen LogP contribution in [-0.4, -0.2) is 61.0 Å². The van der Waals surface area contributed by atoms with Gasteiger partial charge in [0.05, 0.1) is 24.9 Å². The molecule has 0 spiro atoms. The third kappa shape index (κ3) is 5.05. The highest BCUT2D eigenvalue weighted by molar-refractivity contribution is 5.83. The van der Waals surface area contributed by atoms with E-state index in [9.17, 15) is 5.11 Å². The van der Waals surface area contributed by atoms with E-state index in [0.717, 1.165) is 60.4 Å². The largest absolute Gasteiger partial charge is 0.495 e. The summed E-state index contributed by atoms with van der Waals surface area (Å²) in [7, 11) is 1.63. The molecule has 2 aliphatic rings. The zero-order valence-corrected chi connectivity index (χ0v) is 19.0. The number of ether oxygens (including phenoxy) is 3. The molecule has 2 aliphatic heterocycles. The van der Waals surface area contributed by atoms with E-state index in [2.05, 4.69) is 27.3 Å². The first-order valence-electron chi connectivity index (χ1n) is 11.6. The molecule has 3 heterocycles. The molecule has 5 rings (SSSR count). The first kappa shape index (κ1) is 21.9. The Hall–Kier alpha value is -2.87. The summed E-state index contributed by atoms with van der Waals surface area (Å²) in [6.07, 6.45) is 3.26. The number of fused-ring (bicyclic) bond motifs is 2. The van der Waals surface area contributed by atoms with Crippen LogP contribution in [0.3, 0.4) is 0 Å². The van der Waals surface area contributed by atoms with Gasteiger partial charge in [0.25, 0.3) is 0 Å². The second kappa shape index (κ2) is 9.95. The lowest BCUT2D eigenvalue weighted by molar-refractivity contribution is 0.0949. The van der Waals surface area contributed by atoms with Gasteiger partial charge in [-0.25, -0.2) is 0 Å². The minimum atomic E-state index is -0.565. The maximum atomic E-state index is 11.0. The predicted molar refractivity (Wildman–Crippen MR) is 127 cm³/mol. The molecule has 0 radical (unpaired) electrons. The van der Waals surface area contributed by atoms with Crippen LogP contribution in [0.25, 0.3) is 10.9 Å². The highest BCUT2D eigenvalue weighted by atomic mass is 16.6. The molecule has 1 atom stereocenters. The number of hydrogen-bond donors (Lipinski definition) is 2. The number of nitrogens with zero attached hydrogens (tertiary/aromatic N) is 2. The van der Waals surface area contributed by atoms with Crippen molar-refractivity contribution in [2.24, 2.45) is 0 Å². The third-order valence-corrected chi connectivity index (χ3v) is 6.55. The van der Waals surface area contributed by atoms with Crippen molar-refractivity contribution in [3.63, 3.8) is 0 Å². The normalized spacial score (nSPS) is 17.8. The van der Waals surface area contributed by atoms with E-state index in [1.807, 2.05) is 30.3 Å². The van der Waals surface area contributed by atoms with Crippen LogP contribution in [-0.2, 0) is 6.54 Å². The van der Waals surface area contributed by atoms with E-state index >= 15 is 0 Å². The summed E-state index contributed by atoms with van der Waals surface area (Å²) in [5.41, 5.74) is 2.98. The summed E-state index contributed by atoms with van der Waals surface area (Å²) in [6, 6.07) is 14.5. The van der Waals surface area contributed by atoms with Crippen LogP contribution >= 0.6 is 0 Å². The lowest BCUT2D eigenvalue weighted by atomic mass is 10.0. The van der Waals surface area contributed by atoms with Gasteiger partial charge in [-0.15, -0.1) is 0 Å². The highest BCUT2D eigenvalue weighted by Crippen LogP contribution is 2.31. The Morgan fingerprint density at radius 2 is 1.94 bits per heavy atom. The summed E-state index contributed by atoms with van der Waals surface area (Å²) >= 11 is 0. The number of pyridine rings is 1. The predicted octanol–water partition coefficient (Wildman–Crippen LogP) is 3.30. The summed E-state index contributed by atoms with van der Waals surface area (Å²) in [5.74, 6) is 2.37. The molecular weight excluding hydrogens is 418 g/mol. The smallest absolute Gasteiger partial charge is 0.161 e. The first-order chi connectivity index (χ1) is 16.2. The van der Waals surface area contributed by atoms with Crippen molar-refractivity contribution in [2.75, 3.05) is 40.0 Å². The maximum Gasteiger partial charge on any atom is 0.161 e. The Bertz CT molecular complexity index is 1100. The zero-order chi connectivity index (χ0) is 22.6. The average Bonchev–Trinajstić information content (AvgIpc) is 2.87. The molecule has 1 fully saturated rings. The monoisotopic (exact) mass is 449 g/mol. The van der Waals surface area contributed by atoms with Gasteiger partial charge in [0.2, 0.25) is 0 Å². The first-order valence-corrected chi connectivity index (χ1v) is 11.6. The van der Waals surface area contributed by atoms with Gasteiger partial charge in [0.15, 0.2) is 11.5 Å². The molecule has 0 aliphatic carbocycles. The molecule has 2 aromatic carbocycles. The molecule has 0 bridgehead atoms. The van der Waals surface area contributed by atoms with Crippen LogP contribution in [0.15, 0.2) is 48.7 Å². The van der Waals surface area contributed by atoms with Crippen LogP contribution in [0.5, 0.6) is 17.2 Å². The van der Waals surface area contributed by atoms with Gasteiger partial charge >= 0.3 is 0 Å². The Morgan fingerprint density at radius 1 is 1.12 bits per heavy atom. The molecule has 33 heavy (non-hydrogen) atoms. The molecule has 3 aromatic rings. The van der Waals surface area contributed by atoms with Gasteiger partial charge in [-0.05, 0) is 61.3 Å². The SMILES string of the molecule is COc1cnc2cccc(C(O)CN3CCC(NCc4ccc5c(c4)OCCO5)CC3)c2c1. The standard InChI is InChI=1S/C26H31N3O4/c1-31-20-14-22-21(3-2-4-23(22)28-16-20)24(30)17-29-9-7-19(8-10-29)27-15-18-5-6-25-26(13-18)33-12-11-32-25/h2-6,13-14,16,19,24,27,30H,7-12,15,17H2,1H3. The maximum absolute atomic E-state index is 11.0. The number of piperidine rings is 1. The van der Waals surface area contributed by atoms with Gasteiger partial charge in [0, 0.05) is 24.5 Å². The Labute approximate surface area is 194 Å². The van der Waals surface area contributed by atoms with E-state index in [1.165, 1.54) is 5.56 Å². The second-order valence-electron chi connectivity index (χ2n) is 8.74. The van der Waals surface area contributed by atoms with Crippen LogP contribution in [0.2, 0.25) is 0 Å². The number of hydrogen-bond acceptors (Lipinski definition) is 7. The number of aliphatic hydroxyl groups is 1. The van der Waals surface area contributed by atoms with Crippen molar-refractivity contribution >= 4 is 10.9 Å². The van der Waals surface area contributed by atoms with Crippen LogP contribution in [0.1, 0.15) is 30.1 Å². The van der Waals surface area contributed by atoms with E-state index in [4.69, 9.17) is 14.2 Å². The molecule has 0 saturated carbocycles. The van der Waals surface area contributed by atoms with E-state index < -0.39 is 6.10 Å². The minimum Gasteiger partial charge on any atom is -0.495 e. The summed E-state index contributed by atoms with van der Waals surface area (Å²) in [6.45, 7) is 4.57. The van der Waals surface area contributed by atoms with E-state index in [0.29, 0.717) is 31.5 Å². The molecule has 2 N–H and O–H groups in total. The molecule has 1 unspecified atom stereocenters. The number of nitrogens with one attached hydrogen (secondary N) is 1. The van der Waals surface area contributed by atoms with Gasteiger partial charge in [-0.2, -0.15) is 0 Å². The quantitative estimate of drug-likeness (QED) is 0.573. The molecule has 7 nitrogen and oxygen atoms in total. The Morgan fingerprint density at radius 3 is 2.76 bits per heavy atom. The van der Waals surface area contributed by atoms with Gasteiger partial charge in [-0.3, -0.25) is 4.98 Å². The highest BCUT2D eigenvalue weighted by Gasteiger charge is 2.22. The number of methoxy groups -OCH3 is 1. The van der Waals surface area contributed by atoms with Crippen LogP contribution < -0.4 is 19.5 Å². The van der Waals surface area contributed by atoms with Gasteiger partial charge in [0.1, 0.15) is 19.0 Å². The van der Waals surface area contributed by atoms with Crippen molar-refractivity contribution in [3.05, 3.63) is 59.8 Å². The van der Waals surface area contributed by atoms with E-state index in [1.54, 1.807) is 13.3 Å². The molecule has 0 amide bonds. The van der Waals surface area contributed by atoms with Crippen molar-refractivity contribution in [3.8, 4) is 17.2 Å². The Kier molecular flexibility index (Phi) is 6.62. The fourth-order valence-electron chi connectivity index (χ4n) is 4.68. The molecule has 1 aromatic heterocycles. The third-order valence-electron chi connectivity index (χ3n) is 6.55. The molecule has 174 valence electrons. The number of likely N-dealkylation sites (tertiary alicyclic amines) is 1. The van der Waals surface area contributed by atoms with Crippen molar-refractivity contribution in [1.29, 1.82) is 0 Å². The van der Waals surface area contributed by atoms with Crippen molar-refractivity contribution in [2.45, 2.75) is 31.5 Å². The minimum absolute atomic E-state index is 0.470.